The second-order valence-electron chi connectivity index (χ2n) is 13.2. The van der Waals surface area contributed by atoms with E-state index in [1.807, 2.05) is 0 Å². The average molecular weight is 781 g/mol. The van der Waals surface area contributed by atoms with Crippen LogP contribution in [0.2, 0.25) is 0 Å². The predicted octanol–water partition coefficient (Wildman–Crippen LogP) is 7.58. The summed E-state index contributed by atoms with van der Waals surface area (Å²) in [6.07, 6.45) is 4.33. The SMILES string of the molecule is CCN(Cc1cccc(S(=O)(=O)N2CCCC2)c1-c1ccc(-c2ccc(N)nc2)c(F)c1)S(=O)(=O)c1ccccc1-c1ccc(-c2ccc(N)nc2)c(F)c1. The molecule has 0 spiro atoms. The lowest BCUT2D eigenvalue weighted by Gasteiger charge is -2.25. The second kappa shape index (κ2) is 15.3. The van der Waals surface area contributed by atoms with Crippen molar-refractivity contribution in [3.63, 3.8) is 0 Å². The first-order valence-electron chi connectivity index (χ1n) is 17.6. The number of nitrogens with two attached hydrogens (primary N) is 2. The number of benzene rings is 4. The lowest BCUT2D eigenvalue weighted by molar-refractivity contribution is 0.423. The lowest BCUT2D eigenvalue weighted by atomic mass is 9.96. The van der Waals surface area contributed by atoms with Crippen molar-refractivity contribution in [1.82, 2.24) is 18.6 Å². The maximum atomic E-state index is 15.9. The molecule has 4 aromatic carbocycles. The monoisotopic (exact) mass is 780 g/mol. The molecule has 14 heteroatoms. The van der Waals surface area contributed by atoms with Crippen LogP contribution < -0.4 is 11.5 Å². The van der Waals surface area contributed by atoms with Gasteiger partial charge in [-0.3, -0.25) is 0 Å². The van der Waals surface area contributed by atoms with Gasteiger partial charge < -0.3 is 11.5 Å². The van der Waals surface area contributed by atoms with E-state index in [1.54, 1.807) is 85.8 Å². The highest BCUT2D eigenvalue weighted by Gasteiger charge is 2.33. The van der Waals surface area contributed by atoms with Crippen LogP contribution in [0.1, 0.15) is 25.3 Å². The van der Waals surface area contributed by atoms with Gasteiger partial charge in [-0.2, -0.15) is 8.61 Å². The van der Waals surface area contributed by atoms with Crippen LogP contribution in [0.3, 0.4) is 0 Å². The van der Waals surface area contributed by atoms with E-state index >= 15 is 8.78 Å². The Morgan fingerprint density at radius 3 is 1.76 bits per heavy atom. The minimum Gasteiger partial charge on any atom is -0.384 e. The van der Waals surface area contributed by atoms with Crippen molar-refractivity contribution in [1.29, 1.82) is 0 Å². The second-order valence-corrected chi connectivity index (χ2v) is 17.0. The number of hydrogen-bond acceptors (Lipinski definition) is 8. The zero-order valence-corrected chi connectivity index (χ0v) is 31.5. The molecule has 1 aliphatic rings. The molecule has 0 saturated carbocycles. The molecular weight excluding hydrogens is 743 g/mol. The Labute approximate surface area is 319 Å². The number of halogens is 2. The van der Waals surface area contributed by atoms with Crippen molar-refractivity contribution in [3.05, 3.63) is 133 Å². The Bertz CT molecular complexity index is 2600. The van der Waals surface area contributed by atoms with Crippen LogP contribution in [-0.4, -0.2) is 55.0 Å². The number of anilines is 2. The number of nitrogens with zero attached hydrogens (tertiary/aromatic N) is 4. The molecule has 55 heavy (non-hydrogen) atoms. The summed E-state index contributed by atoms with van der Waals surface area (Å²) >= 11 is 0. The first-order chi connectivity index (χ1) is 26.4. The fourth-order valence-corrected chi connectivity index (χ4v) is 10.3. The van der Waals surface area contributed by atoms with Gasteiger partial charge in [-0.15, -0.1) is 0 Å². The molecule has 3 heterocycles. The van der Waals surface area contributed by atoms with Gasteiger partial charge >= 0.3 is 0 Å². The normalized spacial score (nSPS) is 13.7. The summed E-state index contributed by atoms with van der Waals surface area (Å²) in [4.78, 5) is 7.99. The molecule has 7 rings (SSSR count). The summed E-state index contributed by atoms with van der Waals surface area (Å²) in [5, 5.41) is 0. The van der Waals surface area contributed by atoms with E-state index in [4.69, 9.17) is 11.5 Å². The van der Waals surface area contributed by atoms with Crippen molar-refractivity contribution < 1.29 is 25.6 Å². The minimum absolute atomic E-state index is 0.00802. The number of sulfonamides is 2. The van der Waals surface area contributed by atoms with Gasteiger partial charge in [0, 0.05) is 72.0 Å². The van der Waals surface area contributed by atoms with E-state index in [9.17, 15) is 16.8 Å². The molecule has 0 amide bonds. The van der Waals surface area contributed by atoms with Gasteiger partial charge in [0.2, 0.25) is 20.0 Å². The molecule has 10 nitrogen and oxygen atoms in total. The number of hydrogen-bond donors (Lipinski definition) is 2. The fourth-order valence-electron chi connectivity index (χ4n) is 6.90. The molecule has 0 bridgehead atoms. The van der Waals surface area contributed by atoms with Crippen LogP contribution in [0.15, 0.2) is 125 Å². The molecule has 1 saturated heterocycles. The van der Waals surface area contributed by atoms with Crippen LogP contribution in [0.25, 0.3) is 44.5 Å². The van der Waals surface area contributed by atoms with Gasteiger partial charge in [-0.1, -0.05) is 61.5 Å². The first-order valence-corrected chi connectivity index (χ1v) is 20.5. The van der Waals surface area contributed by atoms with Gasteiger partial charge in [0.1, 0.15) is 23.3 Å². The Morgan fingerprint density at radius 2 is 1.20 bits per heavy atom. The summed E-state index contributed by atoms with van der Waals surface area (Å²) in [5.41, 5.74) is 14.4. The molecule has 0 unspecified atom stereocenters. The number of rotatable bonds is 11. The highest BCUT2D eigenvalue weighted by atomic mass is 32.2. The highest BCUT2D eigenvalue weighted by molar-refractivity contribution is 7.89. The molecule has 0 aliphatic carbocycles. The summed E-state index contributed by atoms with van der Waals surface area (Å²) < 4.78 is 91.6. The third-order valence-corrected chi connectivity index (χ3v) is 13.7. The maximum absolute atomic E-state index is 15.9. The van der Waals surface area contributed by atoms with E-state index in [-0.39, 0.29) is 56.5 Å². The zero-order valence-electron chi connectivity index (χ0n) is 29.9. The predicted molar refractivity (Wildman–Crippen MR) is 210 cm³/mol. The quantitative estimate of drug-likeness (QED) is 0.137. The molecular formula is C41H38F2N6O4S2. The van der Waals surface area contributed by atoms with E-state index in [1.165, 1.54) is 45.3 Å². The molecule has 1 aliphatic heterocycles. The van der Waals surface area contributed by atoms with Crippen LogP contribution >= 0.6 is 0 Å². The van der Waals surface area contributed by atoms with Gasteiger partial charge in [0.15, 0.2) is 0 Å². The van der Waals surface area contributed by atoms with E-state index in [0.29, 0.717) is 54.0 Å². The van der Waals surface area contributed by atoms with E-state index in [2.05, 4.69) is 9.97 Å². The average Bonchev–Trinajstić information content (AvgIpc) is 3.74. The smallest absolute Gasteiger partial charge is 0.243 e. The molecule has 2 aromatic heterocycles. The third-order valence-electron chi connectivity index (χ3n) is 9.73. The number of pyridine rings is 2. The first kappa shape index (κ1) is 37.8. The van der Waals surface area contributed by atoms with Crippen molar-refractivity contribution in [2.75, 3.05) is 31.1 Å². The van der Waals surface area contributed by atoms with E-state index in [0.717, 1.165) is 0 Å². The van der Waals surface area contributed by atoms with Gasteiger partial charge in [-0.25, -0.2) is 35.6 Å². The molecule has 6 aromatic rings. The lowest BCUT2D eigenvalue weighted by Crippen LogP contribution is -2.32. The Morgan fingerprint density at radius 1 is 0.655 bits per heavy atom. The number of nitrogen functional groups attached to an aromatic ring is 2. The van der Waals surface area contributed by atoms with Crippen molar-refractivity contribution in [2.24, 2.45) is 0 Å². The van der Waals surface area contributed by atoms with Crippen molar-refractivity contribution in [2.45, 2.75) is 36.1 Å². The van der Waals surface area contributed by atoms with E-state index < -0.39 is 31.7 Å². The topological polar surface area (TPSA) is 153 Å². The van der Waals surface area contributed by atoms with Crippen molar-refractivity contribution >= 4 is 31.7 Å². The summed E-state index contributed by atoms with van der Waals surface area (Å²) in [5.74, 6) is -0.621. The molecule has 1 fully saturated rings. The summed E-state index contributed by atoms with van der Waals surface area (Å²) in [6.45, 7) is 2.12. The Kier molecular flexibility index (Phi) is 10.5. The largest absolute Gasteiger partial charge is 0.384 e. The Balaban J connectivity index is 1.30. The Hall–Kier alpha value is -5.54. The highest BCUT2D eigenvalue weighted by Crippen LogP contribution is 2.39. The molecule has 0 atom stereocenters. The summed E-state index contributed by atoms with van der Waals surface area (Å²) in [6, 6.07) is 26.3. The maximum Gasteiger partial charge on any atom is 0.243 e. The molecule has 0 radical (unpaired) electrons. The zero-order chi connectivity index (χ0) is 38.9. The van der Waals surface area contributed by atoms with Gasteiger partial charge in [-0.05, 0) is 78.1 Å². The van der Waals surface area contributed by atoms with Crippen molar-refractivity contribution in [3.8, 4) is 44.5 Å². The fraction of sp³-hybridized carbons (Fsp3) is 0.171. The van der Waals surface area contributed by atoms with Crippen LogP contribution in [0, 0.1) is 11.6 Å². The van der Waals surface area contributed by atoms with Crippen LogP contribution in [-0.2, 0) is 26.6 Å². The third kappa shape index (κ3) is 7.45. The van der Waals surface area contributed by atoms with Crippen LogP contribution in [0.5, 0.6) is 0 Å². The summed E-state index contributed by atoms with van der Waals surface area (Å²) in [7, 11) is -8.34. The number of aromatic nitrogens is 2. The standard InChI is InChI=1S/C41H38F2N6O4S2/c1-2-48(54(50,51)37-10-4-3-9-34(37)27-12-16-32(35(42)22-27)29-14-18-39(44)46-24-29)26-31-8-7-11-38(55(52,53)49-20-5-6-21-49)41(31)28-13-17-33(36(43)23-28)30-15-19-40(45)47-25-30/h3-4,7-19,22-25H,2,5-6,20-21,26H2,1H3,(H2,44,46)(H2,45,47). The minimum atomic E-state index is -4.29. The van der Waals surface area contributed by atoms with Gasteiger partial charge in [0.25, 0.3) is 0 Å². The molecule has 4 N–H and O–H groups in total. The van der Waals surface area contributed by atoms with Crippen LogP contribution in [0.4, 0.5) is 20.4 Å². The van der Waals surface area contributed by atoms with Gasteiger partial charge in [0.05, 0.1) is 9.79 Å². The molecule has 282 valence electrons.